The molecule has 0 aliphatic rings. The molecule has 0 aliphatic carbocycles. The zero-order valence-electron chi connectivity index (χ0n) is 17.8. The maximum Gasteiger partial charge on any atom is 0.277 e. The Kier molecular flexibility index (Phi) is 11.0. The number of nitrogens with zero attached hydrogens (tertiary/aromatic N) is 1. The van der Waals surface area contributed by atoms with Gasteiger partial charge in [0.1, 0.15) is 11.5 Å². The zero-order valence-corrected chi connectivity index (χ0v) is 19.4. The first-order chi connectivity index (χ1) is 14.6. The Labute approximate surface area is 188 Å². The molecule has 1 N–H and O–H groups in total. The highest BCUT2D eigenvalue weighted by Gasteiger charge is 2.06. The van der Waals surface area contributed by atoms with Gasteiger partial charge in [0.25, 0.3) is 5.91 Å². The summed E-state index contributed by atoms with van der Waals surface area (Å²) in [6, 6.07) is 13.5. The number of unbranched alkanes of at least 4 members (excludes halogenated alkanes) is 3. The van der Waals surface area contributed by atoms with Crippen LogP contribution < -0.4 is 14.9 Å². The Morgan fingerprint density at radius 3 is 2.53 bits per heavy atom. The molecule has 0 saturated carbocycles. The van der Waals surface area contributed by atoms with Crippen molar-refractivity contribution in [3.8, 4) is 11.5 Å². The predicted octanol–water partition coefficient (Wildman–Crippen LogP) is 5.89. The fraction of sp³-hybridized carbons (Fsp3) is 0.417. The SMILES string of the molecule is CCCCCCOc1ccc(/C=N/NC(=O)COc2ccc(CCC)cc2Br)cc1. The van der Waals surface area contributed by atoms with Crippen LogP contribution in [0.2, 0.25) is 0 Å². The van der Waals surface area contributed by atoms with Gasteiger partial charge in [-0.15, -0.1) is 0 Å². The van der Waals surface area contributed by atoms with Crippen molar-refractivity contribution in [2.24, 2.45) is 5.10 Å². The van der Waals surface area contributed by atoms with Crippen molar-refractivity contribution in [1.29, 1.82) is 0 Å². The quantitative estimate of drug-likeness (QED) is 0.223. The van der Waals surface area contributed by atoms with Gasteiger partial charge in [-0.3, -0.25) is 4.79 Å². The lowest BCUT2D eigenvalue weighted by Gasteiger charge is -2.09. The molecule has 6 heteroatoms. The lowest BCUT2D eigenvalue weighted by molar-refractivity contribution is -0.123. The molecule has 0 heterocycles. The third-order valence-electron chi connectivity index (χ3n) is 4.44. The normalized spacial score (nSPS) is 10.9. The smallest absolute Gasteiger partial charge is 0.277 e. The van der Waals surface area contributed by atoms with Gasteiger partial charge in [-0.25, -0.2) is 5.43 Å². The van der Waals surface area contributed by atoms with Gasteiger partial charge in [-0.05, 0) is 76.3 Å². The van der Waals surface area contributed by atoms with E-state index in [1.807, 2.05) is 42.5 Å². The molecular formula is C24H31BrN2O3. The molecule has 0 aliphatic heterocycles. The van der Waals surface area contributed by atoms with Crippen LogP contribution in [0.25, 0.3) is 0 Å². The number of hydrazone groups is 1. The number of carbonyl (C=O) groups is 1. The number of ether oxygens (including phenoxy) is 2. The molecule has 0 saturated heterocycles. The molecule has 0 atom stereocenters. The summed E-state index contributed by atoms with van der Waals surface area (Å²) in [6.07, 6.45) is 8.44. The molecule has 0 bridgehead atoms. The molecule has 0 fully saturated rings. The van der Waals surface area contributed by atoms with E-state index >= 15 is 0 Å². The van der Waals surface area contributed by atoms with Crippen molar-refractivity contribution in [2.75, 3.05) is 13.2 Å². The van der Waals surface area contributed by atoms with E-state index in [9.17, 15) is 4.79 Å². The number of hydrogen-bond acceptors (Lipinski definition) is 4. The fourth-order valence-corrected chi connectivity index (χ4v) is 3.37. The summed E-state index contributed by atoms with van der Waals surface area (Å²) >= 11 is 3.49. The minimum absolute atomic E-state index is 0.103. The number of halogens is 1. The van der Waals surface area contributed by atoms with Crippen molar-refractivity contribution < 1.29 is 14.3 Å². The van der Waals surface area contributed by atoms with E-state index in [0.29, 0.717) is 5.75 Å². The lowest BCUT2D eigenvalue weighted by Crippen LogP contribution is -2.24. The van der Waals surface area contributed by atoms with Gasteiger partial charge >= 0.3 is 0 Å². The summed E-state index contributed by atoms with van der Waals surface area (Å²) in [5, 5.41) is 3.98. The molecule has 2 aromatic carbocycles. The van der Waals surface area contributed by atoms with E-state index in [1.165, 1.54) is 24.8 Å². The molecule has 30 heavy (non-hydrogen) atoms. The third-order valence-corrected chi connectivity index (χ3v) is 5.06. The van der Waals surface area contributed by atoms with Crippen molar-refractivity contribution in [3.05, 3.63) is 58.1 Å². The highest BCUT2D eigenvalue weighted by Crippen LogP contribution is 2.26. The van der Waals surface area contributed by atoms with Crippen LogP contribution in [0.5, 0.6) is 11.5 Å². The Balaban J connectivity index is 1.71. The summed E-state index contributed by atoms with van der Waals surface area (Å²) in [7, 11) is 0. The van der Waals surface area contributed by atoms with Crippen LogP contribution >= 0.6 is 15.9 Å². The Morgan fingerprint density at radius 2 is 1.83 bits per heavy atom. The standard InChI is InChI=1S/C24H31BrN2O3/c1-3-5-6-7-15-29-21-12-9-20(10-13-21)17-26-27-24(28)18-30-23-14-11-19(8-4-2)16-22(23)25/h9-14,16-17H,3-8,15,18H2,1-2H3,(H,27,28)/b26-17+. The average molecular weight is 475 g/mol. The van der Waals surface area contributed by atoms with Crippen LogP contribution in [0.3, 0.4) is 0 Å². The van der Waals surface area contributed by atoms with Gasteiger partial charge in [0, 0.05) is 0 Å². The highest BCUT2D eigenvalue weighted by atomic mass is 79.9. The maximum absolute atomic E-state index is 11.9. The summed E-state index contributed by atoms with van der Waals surface area (Å²) in [5.74, 6) is 1.17. The van der Waals surface area contributed by atoms with Crippen LogP contribution in [0, 0.1) is 0 Å². The first kappa shape index (κ1) is 23.9. The second-order valence-electron chi connectivity index (χ2n) is 7.07. The molecular weight excluding hydrogens is 444 g/mol. The van der Waals surface area contributed by atoms with Crippen LogP contribution in [-0.2, 0) is 11.2 Å². The largest absolute Gasteiger partial charge is 0.494 e. The molecule has 162 valence electrons. The minimum atomic E-state index is -0.317. The van der Waals surface area contributed by atoms with E-state index in [0.717, 1.165) is 41.7 Å². The van der Waals surface area contributed by atoms with Crippen LogP contribution in [0.4, 0.5) is 0 Å². The molecule has 2 rings (SSSR count). The first-order valence-electron chi connectivity index (χ1n) is 10.6. The van der Waals surface area contributed by atoms with Crippen molar-refractivity contribution >= 4 is 28.1 Å². The van der Waals surface area contributed by atoms with Crippen molar-refractivity contribution in [2.45, 2.75) is 52.4 Å². The van der Waals surface area contributed by atoms with Gasteiger partial charge < -0.3 is 9.47 Å². The van der Waals surface area contributed by atoms with Crippen molar-refractivity contribution in [3.63, 3.8) is 0 Å². The van der Waals surface area contributed by atoms with Crippen LogP contribution in [0.1, 0.15) is 57.1 Å². The summed E-state index contributed by atoms with van der Waals surface area (Å²) in [6.45, 7) is 4.97. The van der Waals surface area contributed by atoms with E-state index in [-0.39, 0.29) is 12.5 Å². The van der Waals surface area contributed by atoms with Crippen LogP contribution in [0.15, 0.2) is 52.0 Å². The summed E-state index contributed by atoms with van der Waals surface area (Å²) in [5.41, 5.74) is 4.59. The fourth-order valence-electron chi connectivity index (χ4n) is 2.83. The number of amides is 1. The first-order valence-corrected chi connectivity index (χ1v) is 11.4. The Bertz CT molecular complexity index is 807. The maximum atomic E-state index is 11.9. The minimum Gasteiger partial charge on any atom is -0.494 e. The number of hydrogen-bond donors (Lipinski definition) is 1. The molecule has 0 spiro atoms. The second kappa shape index (κ2) is 13.8. The lowest BCUT2D eigenvalue weighted by atomic mass is 10.1. The molecule has 1 amide bonds. The Hall–Kier alpha value is -2.34. The number of rotatable bonds is 13. The molecule has 0 unspecified atom stereocenters. The summed E-state index contributed by atoms with van der Waals surface area (Å²) < 4.78 is 12.1. The number of nitrogens with one attached hydrogen (secondary N) is 1. The number of carbonyl (C=O) groups excluding carboxylic acids is 1. The van der Waals surface area contributed by atoms with Gasteiger partial charge in [0.15, 0.2) is 6.61 Å². The zero-order chi connectivity index (χ0) is 21.6. The average Bonchev–Trinajstić information content (AvgIpc) is 2.74. The number of benzene rings is 2. The van der Waals surface area contributed by atoms with E-state index in [4.69, 9.17) is 9.47 Å². The molecule has 2 aromatic rings. The monoisotopic (exact) mass is 474 g/mol. The molecule has 0 aromatic heterocycles. The topological polar surface area (TPSA) is 59.9 Å². The molecule has 5 nitrogen and oxygen atoms in total. The van der Waals surface area contributed by atoms with Gasteiger partial charge in [-0.1, -0.05) is 45.6 Å². The van der Waals surface area contributed by atoms with Crippen molar-refractivity contribution in [1.82, 2.24) is 5.43 Å². The second-order valence-corrected chi connectivity index (χ2v) is 7.93. The third kappa shape index (κ3) is 8.99. The van der Waals surface area contributed by atoms with Crippen LogP contribution in [-0.4, -0.2) is 25.3 Å². The molecule has 0 radical (unpaired) electrons. The van der Waals surface area contributed by atoms with Gasteiger partial charge in [0.2, 0.25) is 0 Å². The van der Waals surface area contributed by atoms with E-state index in [1.54, 1.807) is 6.21 Å². The highest BCUT2D eigenvalue weighted by molar-refractivity contribution is 9.10. The van der Waals surface area contributed by atoms with E-state index in [2.05, 4.69) is 40.3 Å². The van der Waals surface area contributed by atoms with E-state index < -0.39 is 0 Å². The predicted molar refractivity (Wildman–Crippen MR) is 125 cm³/mol. The van der Waals surface area contributed by atoms with Gasteiger partial charge in [-0.2, -0.15) is 5.10 Å². The Morgan fingerprint density at radius 1 is 1.03 bits per heavy atom. The summed E-state index contributed by atoms with van der Waals surface area (Å²) in [4.78, 5) is 11.9. The number of aryl methyl sites for hydroxylation is 1. The van der Waals surface area contributed by atoms with Gasteiger partial charge in [0.05, 0.1) is 17.3 Å².